The predicted octanol–water partition coefficient (Wildman–Crippen LogP) is 5.72. The van der Waals surface area contributed by atoms with Crippen molar-refractivity contribution >= 4 is 11.8 Å². The Hall–Kier alpha value is -1.82. The van der Waals surface area contributed by atoms with Gasteiger partial charge in [0, 0.05) is 32.4 Å². The SMILES string of the molecule is CC=C[C@H](O)C[C@H]1CC[C@H](C)[C@H](CC(=O)NC[C@H](O)[C@H](C)C(=O)NCCC[C@H]2O[C@@]3(CCC[C@@H](CC[C@H](C)C=C(C)[C@H](C)O)O3)CC[C@@H]2C)O1. The highest BCUT2D eigenvalue weighted by Crippen LogP contribution is 2.43. The van der Waals surface area contributed by atoms with Gasteiger partial charge in [-0.1, -0.05) is 45.9 Å². The number of hydrogen-bond donors (Lipinski definition) is 5. The summed E-state index contributed by atoms with van der Waals surface area (Å²) < 4.78 is 19.5. The third-order valence-corrected chi connectivity index (χ3v) is 11.3. The minimum atomic E-state index is -1.01. The van der Waals surface area contributed by atoms with E-state index in [0.29, 0.717) is 24.8 Å². The second kappa shape index (κ2) is 21.0. The van der Waals surface area contributed by atoms with Crippen molar-refractivity contribution in [1.82, 2.24) is 10.6 Å². The molecule has 3 rings (SSSR count). The van der Waals surface area contributed by atoms with E-state index in [1.807, 2.05) is 19.9 Å². The van der Waals surface area contributed by atoms with E-state index >= 15 is 0 Å². The number of aliphatic hydroxyl groups is 3. The third-order valence-electron chi connectivity index (χ3n) is 11.3. The van der Waals surface area contributed by atoms with Crippen molar-refractivity contribution in [2.75, 3.05) is 13.1 Å². The molecule has 0 aromatic carbocycles. The summed E-state index contributed by atoms with van der Waals surface area (Å²) in [6, 6.07) is 0. The molecular weight excluding hydrogens is 636 g/mol. The van der Waals surface area contributed by atoms with Crippen LogP contribution in [0.25, 0.3) is 0 Å². The largest absolute Gasteiger partial charge is 0.390 e. The predicted molar refractivity (Wildman–Crippen MR) is 196 cm³/mol. The second-order valence-electron chi connectivity index (χ2n) is 15.8. The van der Waals surface area contributed by atoms with E-state index in [9.17, 15) is 24.9 Å². The summed E-state index contributed by atoms with van der Waals surface area (Å²) in [6.45, 7) is 14.3. The third kappa shape index (κ3) is 14.0. The number of hydrogen-bond acceptors (Lipinski definition) is 8. The molecule has 3 heterocycles. The molecule has 0 aromatic rings. The highest BCUT2D eigenvalue weighted by molar-refractivity contribution is 5.79. The Morgan fingerprint density at radius 2 is 1.66 bits per heavy atom. The highest BCUT2D eigenvalue weighted by Gasteiger charge is 2.44. The minimum Gasteiger partial charge on any atom is -0.390 e. The van der Waals surface area contributed by atoms with Gasteiger partial charge in [-0.25, -0.2) is 0 Å². The van der Waals surface area contributed by atoms with E-state index in [1.54, 1.807) is 19.9 Å². The van der Waals surface area contributed by atoms with Gasteiger partial charge in [-0.15, -0.1) is 0 Å². The number of allylic oxidation sites excluding steroid dienone is 2. The monoisotopic (exact) mass is 707 g/mol. The molecule has 10 heteroatoms. The first kappa shape index (κ1) is 42.6. The summed E-state index contributed by atoms with van der Waals surface area (Å²) in [4.78, 5) is 25.6. The van der Waals surface area contributed by atoms with E-state index in [4.69, 9.17) is 14.2 Å². The van der Waals surface area contributed by atoms with Crippen LogP contribution < -0.4 is 10.6 Å². The lowest BCUT2D eigenvalue weighted by Crippen LogP contribution is -2.50. The van der Waals surface area contributed by atoms with Gasteiger partial charge in [-0.2, -0.15) is 0 Å². The van der Waals surface area contributed by atoms with Crippen molar-refractivity contribution in [3.05, 3.63) is 23.8 Å². The van der Waals surface area contributed by atoms with Gasteiger partial charge >= 0.3 is 0 Å². The molecule has 0 unspecified atom stereocenters. The smallest absolute Gasteiger partial charge is 0.225 e. The van der Waals surface area contributed by atoms with Gasteiger partial charge in [0.25, 0.3) is 0 Å². The van der Waals surface area contributed by atoms with Gasteiger partial charge < -0.3 is 40.2 Å². The maximum absolute atomic E-state index is 12.9. The van der Waals surface area contributed by atoms with E-state index in [2.05, 4.69) is 37.5 Å². The first-order chi connectivity index (χ1) is 23.7. The van der Waals surface area contributed by atoms with Crippen LogP contribution in [-0.4, -0.2) is 88.7 Å². The van der Waals surface area contributed by atoms with Crippen molar-refractivity contribution in [3.8, 4) is 0 Å². The van der Waals surface area contributed by atoms with E-state index < -0.39 is 30.0 Å². The molecule has 3 fully saturated rings. The van der Waals surface area contributed by atoms with Gasteiger partial charge in [0.2, 0.25) is 11.8 Å². The lowest BCUT2D eigenvalue weighted by atomic mass is 9.85. The molecular formula is C40H70N2O8. The Morgan fingerprint density at radius 1 is 0.920 bits per heavy atom. The van der Waals surface area contributed by atoms with Gasteiger partial charge in [-0.05, 0) is 102 Å². The summed E-state index contributed by atoms with van der Waals surface area (Å²) >= 11 is 0. The Bertz CT molecular complexity index is 1100. The molecule has 3 aliphatic heterocycles. The Balaban J connectivity index is 1.36. The quantitative estimate of drug-likeness (QED) is 0.0899. The van der Waals surface area contributed by atoms with Crippen molar-refractivity contribution < 1.29 is 39.1 Å². The summed E-state index contributed by atoms with van der Waals surface area (Å²) in [5.74, 6) is -0.623. The van der Waals surface area contributed by atoms with Crippen molar-refractivity contribution in [2.24, 2.45) is 23.7 Å². The van der Waals surface area contributed by atoms with E-state index in [0.717, 1.165) is 76.2 Å². The number of nitrogens with one attached hydrogen (secondary N) is 2. The zero-order valence-electron chi connectivity index (χ0n) is 32.1. The maximum Gasteiger partial charge on any atom is 0.225 e. The minimum absolute atomic E-state index is 0.00835. The van der Waals surface area contributed by atoms with Crippen LogP contribution in [0, 0.1) is 23.7 Å². The fraction of sp³-hybridized carbons (Fsp3) is 0.850. The molecule has 0 saturated carbocycles. The molecule has 3 aliphatic rings. The van der Waals surface area contributed by atoms with Crippen LogP contribution in [-0.2, 0) is 23.8 Å². The van der Waals surface area contributed by atoms with Crippen molar-refractivity contribution in [2.45, 2.75) is 180 Å². The first-order valence-corrected chi connectivity index (χ1v) is 19.6. The summed E-state index contributed by atoms with van der Waals surface area (Å²) in [5, 5.41) is 36.3. The first-order valence-electron chi connectivity index (χ1n) is 19.6. The molecule has 0 radical (unpaired) electrons. The van der Waals surface area contributed by atoms with E-state index in [1.165, 1.54) is 0 Å². The molecule has 5 N–H and O–H groups in total. The van der Waals surface area contributed by atoms with Crippen LogP contribution >= 0.6 is 0 Å². The fourth-order valence-electron chi connectivity index (χ4n) is 7.62. The zero-order valence-corrected chi connectivity index (χ0v) is 32.1. The summed E-state index contributed by atoms with van der Waals surface area (Å²) in [6.07, 6.45) is 14.7. The Kier molecular flexibility index (Phi) is 17.9. The topological polar surface area (TPSA) is 147 Å². The molecule has 10 nitrogen and oxygen atoms in total. The van der Waals surface area contributed by atoms with Gasteiger partial charge in [-0.3, -0.25) is 9.59 Å². The van der Waals surface area contributed by atoms with Gasteiger partial charge in [0.1, 0.15) is 0 Å². The number of aliphatic hydroxyl groups excluding tert-OH is 3. The number of carbonyl (C=O) groups excluding carboxylic acids is 2. The van der Waals surface area contributed by atoms with Crippen molar-refractivity contribution in [1.29, 1.82) is 0 Å². The van der Waals surface area contributed by atoms with Crippen LogP contribution in [0.5, 0.6) is 0 Å². The van der Waals surface area contributed by atoms with Crippen LogP contribution in [0.15, 0.2) is 23.8 Å². The van der Waals surface area contributed by atoms with Crippen molar-refractivity contribution in [3.63, 3.8) is 0 Å². The molecule has 0 bridgehead atoms. The van der Waals surface area contributed by atoms with Crippen LogP contribution in [0.1, 0.15) is 132 Å². The summed E-state index contributed by atoms with van der Waals surface area (Å²) in [7, 11) is 0. The molecule has 2 amide bonds. The molecule has 3 saturated heterocycles. The number of ether oxygens (including phenoxy) is 3. The van der Waals surface area contributed by atoms with Crippen LogP contribution in [0.2, 0.25) is 0 Å². The number of rotatable bonds is 18. The normalized spacial score (nSPS) is 32.3. The highest BCUT2D eigenvalue weighted by atomic mass is 16.7. The lowest BCUT2D eigenvalue weighted by Gasteiger charge is -2.48. The molecule has 50 heavy (non-hydrogen) atoms. The molecule has 0 aliphatic carbocycles. The molecule has 1 spiro atoms. The average Bonchev–Trinajstić information content (AvgIpc) is 3.07. The molecule has 12 atom stereocenters. The maximum atomic E-state index is 12.9. The molecule has 0 aromatic heterocycles. The molecule has 288 valence electrons. The second-order valence-corrected chi connectivity index (χ2v) is 15.8. The Labute approximate surface area is 302 Å². The van der Waals surface area contributed by atoms with Gasteiger partial charge in [0.15, 0.2) is 5.79 Å². The Morgan fingerprint density at radius 3 is 2.38 bits per heavy atom. The lowest BCUT2D eigenvalue weighted by molar-refractivity contribution is -0.324. The zero-order chi connectivity index (χ0) is 36.8. The van der Waals surface area contributed by atoms with Crippen LogP contribution in [0.3, 0.4) is 0 Å². The number of amides is 2. The fourth-order valence-corrected chi connectivity index (χ4v) is 7.62. The number of carbonyl (C=O) groups is 2. The summed E-state index contributed by atoms with van der Waals surface area (Å²) in [5.41, 5.74) is 1.01. The average molecular weight is 707 g/mol. The standard InChI is InChI=1S/C40H70N2O8/c1-8-11-32(44)23-34-17-15-27(3)37(48-34)24-38(46)42-25-35(45)30(6)39(47)41-21-10-13-36-28(4)18-20-40(50-36)19-9-12-33(49-40)16-14-26(2)22-29(5)31(7)43/h8,11,22,26-28,30-37,43-45H,9-10,12-21,23-25H2,1-7H3,(H,41,47)(H,42,46)/t26-,27-,28-,30-,31-,32-,33-,34+,35-,36+,37-,40-/m0/s1. The van der Waals surface area contributed by atoms with E-state index in [-0.39, 0.29) is 55.1 Å². The van der Waals surface area contributed by atoms with Gasteiger partial charge in [0.05, 0.1) is 55.1 Å². The van der Waals surface area contributed by atoms with Crippen LogP contribution in [0.4, 0.5) is 0 Å².